The van der Waals surface area contributed by atoms with Gasteiger partial charge in [0.15, 0.2) is 0 Å². The largest absolute Gasteiger partial charge is 0.481 e. The van der Waals surface area contributed by atoms with Gasteiger partial charge in [-0.1, -0.05) is 48.0 Å². The highest BCUT2D eigenvalue weighted by atomic mass is 35.5. The molecule has 0 bridgehead atoms. The van der Waals surface area contributed by atoms with Gasteiger partial charge in [-0.2, -0.15) is 4.98 Å². The van der Waals surface area contributed by atoms with Crippen molar-refractivity contribution in [3.63, 3.8) is 0 Å². The third-order valence-corrected chi connectivity index (χ3v) is 7.82. The third kappa shape index (κ3) is 5.48. The van der Waals surface area contributed by atoms with E-state index in [0.29, 0.717) is 42.7 Å². The molecule has 1 aromatic heterocycles. The number of hydrogen-bond donors (Lipinski definition) is 3. The van der Waals surface area contributed by atoms with Crippen LogP contribution in [0, 0.1) is 5.92 Å². The molecular formula is C30H28ClN3O5. The number of nitrogens with one attached hydrogen (secondary N) is 2. The predicted molar refractivity (Wildman–Crippen MR) is 148 cm³/mol. The fourth-order valence-electron chi connectivity index (χ4n) is 5.07. The van der Waals surface area contributed by atoms with Gasteiger partial charge >= 0.3 is 5.97 Å². The number of carbonyl (C=O) groups is 2. The van der Waals surface area contributed by atoms with Crippen LogP contribution in [0.3, 0.4) is 0 Å². The number of ether oxygens (including phenoxy) is 2. The predicted octanol–water partition coefficient (Wildman–Crippen LogP) is 5.70. The summed E-state index contributed by atoms with van der Waals surface area (Å²) in [6.45, 7) is 1.38. The summed E-state index contributed by atoms with van der Waals surface area (Å²) in [5.41, 5.74) is 5.96. The molecule has 0 spiro atoms. The van der Waals surface area contributed by atoms with E-state index in [1.54, 1.807) is 0 Å². The number of amides is 1. The average Bonchev–Trinajstić information content (AvgIpc) is 3.32. The Balaban J connectivity index is 1.14. The maximum atomic E-state index is 12.6. The summed E-state index contributed by atoms with van der Waals surface area (Å²) in [7, 11) is 0. The summed E-state index contributed by atoms with van der Waals surface area (Å²) in [5.74, 6) is -1.19. The summed E-state index contributed by atoms with van der Waals surface area (Å²) >= 11 is 6.62. The molecule has 4 aromatic rings. The molecule has 2 fully saturated rings. The molecule has 2 heterocycles. The second kappa shape index (κ2) is 10.7. The van der Waals surface area contributed by atoms with E-state index < -0.39 is 5.97 Å². The lowest BCUT2D eigenvalue weighted by atomic mass is 9.82. The summed E-state index contributed by atoms with van der Waals surface area (Å²) < 4.78 is 11.2. The highest BCUT2D eigenvalue weighted by Crippen LogP contribution is 2.35. The van der Waals surface area contributed by atoms with Crippen LogP contribution in [-0.4, -0.2) is 52.3 Å². The number of H-pyrrole nitrogens is 1. The van der Waals surface area contributed by atoms with Gasteiger partial charge in [-0.25, -0.2) is 0 Å². The minimum atomic E-state index is -0.785. The first-order valence-electron chi connectivity index (χ1n) is 13.1. The number of benzene rings is 3. The molecule has 1 saturated carbocycles. The van der Waals surface area contributed by atoms with Gasteiger partial charge in [-0.05, 0) is 66.6 Å². The van der Waals surface area contributed by atoms with E-state index >= 15 is 0 Å². The molecule has 8 nitrogen and oxygen atoms in total. The maximum Gasteiger partial charge on any atom is 0.306 e. The molecule has 3 aromatic carbocycles. The third-order valence-electron chi connectivity index (χ3n) is 7.50. The van der Waals surface area contributed by atoms with Crippen molar-refractivity contribution in [3.05, 3.63) is 71.2 Å². The molecule has 0 atom stereocenters. The van der Waals surface area contributed by atoms with Crippen molar-refractivity contribution < 1.29 is 24.2 Å². The Hall–Kier alpha value is -3.88. The quantitative estimate of drug-likeness (QED) is 0.274. The second-order valence-corrected chi connectivity index (χ2v) is 10.6. The summed E-state index contributed by atoms with van der Waals surface area (Å²) in [4.78, 5) is 31.3. The highest BCUT2D eigenvalue weighted by molar-refractivity contribution is 6.34. The van der Waals surface area contributed by atoms with Gasteiger partial charge < -0.3 is 24.9 Å². The number of aliphatic carboxylic acids is 1. The number of carboxylic acid groups (broad SMARTS) is 1. The number of rotatable bonds is 7. The molecule has 39 heavy (non-hydrogen) atoms. The highest BCUT2D eigenvalue weighted by Gasteiger charge is 2.36. The number of carbonyl (C=O) groups excluding carboxylic acids is 1. The molecule has 3 N–H and O–H groups in total. The Kier molecular flexibility index (Phi) is 6.97. The number of hydrogen-bond acceptors (Lipinski definition) is 5. The van der Waals surface area contributed by atoms with Crippen LogP contribution in [0.25, 0.3) is 33.3 Å². The molecule has 0 radical (unpaired) electrons. The maximum absolute atomic E-state index is 12.6. The number of nitrogens with zero attached hydrogens (tertiary/aromatic N) is 1. The van der Waals surface area contributed by atoms with Crippen molar-refractivity contribution in [1.29, 1.82) is 0 Å². The summed E-state index contributed by atoms with van der Waals surface area (Å²) in [6.07, 6.45) is 2.51. The number of carboxylic acids is 1. The first-order chi connectivity index (χ1) is 18.9. The molecule has 1 amide bonds. The minimum Gasteiger partial charge on any atom is -0.481 e. The Labute approximate surface area is 230 Å². The lowest BCUT2D eigenvalue weighted by Gasteiger charge is -2.31. The van der Waals surface area contributed by atoms with Crippen LogP contribution >= 0.6 is 11.6 Å². The summed E-state index contributed by atoms with van der Waals surface area (Å²) in [5, 5.41) is 12.7. The Morgan fingerprint density at radius 2 is 1.62 bits per heavy atom. The van der Waals surface area contributed by atoms with Gasteiger partial charge in [0, 0.05) is 30.4 Å². The summed E-state index contributed by atoms with van der Waals surface area (Å²) in [6, 6.07) is 20.0. The van der Waals surface area contributed by atoms with Gasteiger partial charge in [-0.3, -0.25) is 9.59 Å². The zero-order valence-corrected chi connectivity index (χ0v) is 21.9. The van der Waals surface area contributed by atoms with E-state index in [0.717, 1.165) is 46.1 Å². The average molecular weight is 546 g/mol. The van der Waals surface area contributed by atoms with Gasteiger partial charge in [0.25, 0.3) is 11.9 Å². The molecule has 2 aliphatic rings. The topological polar surface area (TPSA) is 114 Å². The van der Waals surface area contributed by atoms with Crippen molar-refractivity contribution in [2.75, 3.05) is 13.2 Å². The van der Waals surface area contributed by atoms with Crippen LogP contribution in [0.15, 0.2) is 60.7 Å². The fourth-order valence-corrected chi connectivity index (χ4v) is 5.35. The van der Waals surface area contributed by atoms with E-state index in [-0.39, 0.29) is 24.0 Å². The van der Waals surface area contributed by atoms with Crippen molar-refractivity contribution in [2.24, 2.45) is 5.92 Å². The molecule has 1 aliphatic carbocycles. The van der Waals surface area contributed by atoms with Crippen LogP contribution in [-0.2, 0) is 9.53 Å². The second-order valence-electron chi connectivity index (χ2n) is 10.2. The standard InChI is InChI=1S/C30H28ClN3O5/c31-25-16-27-26(33-30(34-27)39-23-13-21(14-23)29(36)37)15-24(25)19-5-1-17(2-6-19)18-3-7-20(8-4-18)28(35)32-22-9-11-38-12-10-22/h1-8,15-16,21-23H,9-14H2,(H,32,35)(H,33,34)(H,36,37). The molecular weight excluding hydrogens is 518 g/mol. The number of aromatic amines is 1. The van der Waals surface area contributed by atoms with Crippen molar-refractivity contribution >= 4 is 34.5 Å². The SMILES string of the molecule is O=C(NC1CCOCC1)c1ccc(-c2ccc(-c3cc4nc(OC5CC(C(=O)O)C5)[nH]c4cc3Cl)cc2)cc1. The molecule has 200 valence electrons. The zero-order valence-electron chi connectivity index (χ0n) is 21.2. The van der Waals surface area contributed by atoms with Gasteiger partial charge in [0.2, 0.25) is 0 Å². The first kappa shape index (κ1) is 25.4. The number of imidazole rings is 1. The van der Waals surface area contributed by atoms with Crippen molar-refractivity contribution in [1.82, 2.24) is 15.3 Å². The van der Waals surface area contributed by atoms with E-state index in [1.165, 1.54) is 0 Å². The molecule has 1 aliphatic heterocycles. The van der Waals surface area contributed by atoms with Crippen LogP contribution in [0.4, 0.5) is 0 Å². The molecule has 1 saturated heterocycles. The Morgan fingerprint density at radius 1 is 0.974 bits per heavy atom. The normalized spacial score (nSPS) is 19.4. The Bertz CT molecular complexity index is 1500. The van der Waals surface area contributed by atoms with Gasteiger partial charge in [0.1, 0.15) is 6.10 Å². The first-order valence-corrected chi connectivity index (χ1v) is 13.5. The minimum absolute atomic E-state index is 0.0575. The van der Waals surface area contributed by atoms with Crippen LogP contribution in [0.2, 0.25) is 5.02 Å². The lowest BCUT2D eigenvalue weighted by molar-refractivity contribution is -0.148. The van der Waals surface area contributed by atoms with Crippen LogP contribution in [0.1, 0.15) is 36.0 Å². The molecule has 9 heteroatoms. The number of aromatic nitrogens is 2. The van der Waals surface area contributed by atoms with E-state index in [4.69, 9.17) is 26.2 Å². The van der Waals surface area contributed by atoms with Gasteiger partial charge in [0.05, 0.1) is 22.0 Å². The van der Waals surface area contributed by atoms with E-state index in [9.17, 15) is 9.59 Å². The smallest absolute Gasteiger partial charge is 0.306 e. The monoisotopic (exact) mass is 545 g/mol. The molecule has 0 unspecified atom stereocenters. The lowest BCUT2D eigenvalue weighted by Crippen LogP contribution is -2.38. The van der Waals surface area contributed by atoms with Crippen LogP contribution < -0.4 is 10.1 Å². The zero-order chi connectivity index (χ0) is 26.9. The van der Waals surface area contributed by atoms with Gasteiger partial charge in [-0.15, -0.1) is 0 Å². The number of halogens is 1. The molecule has 6 rings (SSSR count). The van der Waals surface area contributed by atoms with E-state index in [1.807, 2.05) is 60.7 Å². The Morgan fingerprint density at radius 3 is 2.28 bits per heavy atom. The van der Waals surface area contributed by atoms with Crippen molar-refractivity contribution in [2.45, 2.75) is 37.8 Å². The fraction of sp³-hybridized carbons (Fsp3) is 0.300. The van der Waals surface area contributed by atoms with Crippen LogP contribution in [0.5, 0.6) is 6.01 Å². The van der Waals surface area contributed by atoms with E-state index in [2.05, 4.69) is 15.3 Å². The van der Waals surface area contributed by atoms with Crippen molar-refractivity contribution in [3.8, 4) is 28.3 Å². The number of fused-ring (bicyclic) bond motifs is 1.